The van der Waals surface area contributed by atoms with Gasteiger partial charge in [-0.3, -0.25) is 10.1 Å². The number of fused-ring (bicyclic) bond motifs is 1. The van der Waals surface area contributed by atoms with Gasteiger partial charge in [-0.1, -0.05) is 11.6 Å². The Morgan fingerprint density at radius 1 is 1.00 bits per heavy atom. The van der Waals surface area contributed by atoms with Crippen molar-refractivity contribution >= 4 is 22.5 Å². The third kappa shape index (κ3) is 2.48. The normalized spacial score (nSPS) is 11.1. The number of aromatic nitrogens is 6. The minimum absolute atomic E-state index is 0.0390. The summed E-state index contributed by atoms with van der Waals surface area (Å²) in [5, 5.41) is 7.62. The number of aromatic amines is 1. The summed E-state index contributed by atoms with van der Waals surface area (Å²) in [4.78, 5) is 17.0. The number of rotatable bonds is 2. The minimum atomic E-state index is -0.742. The molecule has 0 radical (unpaired) electrons. The molecule has 4 heterocycles. The molecule has 0 aliphatic rings. The van der Waals surface area contributed by atoms with Gasteiger partial charge < -0.3 is 0 Å². The summed E-state index contributed by atoms with van der Waals surface area (Å²) in [6.45, 7) is 1.85. The molecule has 0 fully saturated rings. The molecule has 118 valence electrons. The maximum Gasteiger partial charge on any atom is 0.232 e. The lowest BCUT2D eigenvalue weighted by atomic mass is 10.1. The molecule has 0 bridgehead atoms. The van der Waals surface area contributed by atoms with Crippen LogP contribution in [0, 0.1) is 12.9 Å². The van der Waals surface area contributed by atoms with Crippen molar-refractivity contribution in [1.82, 2.24) is 30.1 Å². The van der Waals surface area contributed by atoms with Crippen molar-refractivity contribution in [3.8, 4) is 22.8 Å². The molecule has 0 amide bonds. The van der Waals surface area contributed by atoms with Crippen LogP contribution in [-0.4, -0.2) is 30.1 Å². The van der Waals surface area contributed by atoms with Crippen LogP contribution >= 0.6 is 11.6 Å². The van der Waals surface area contributed by atoms with Crippen molar-refractivity contribution in [2.45, 2.75) is 6.92 Å². The van der Waals surface area contributed by atoms with E-state index < -0.39 is 5.95 Å². The van der Waals surface area contributed by atoms with Crippen molar-refractivity contribution in [1.29, 1.82) is 0 Å². The SMILES string of the molecule is Cc1cncc(-c2cc3[nH]ncc3c(-c3ccc(Cl)c(F)n3)n2)n1. The number of hydrogen-bond acceptors (Lipinski definition) is 5. The van der Waals surface area contributed by atoms with Crippen LogP contribution in [0.1, 0.15) is 5.69 Å². The van der Waals surface area contributed by atoms with Crippen LogP contribution in [0.3, 0.4) is 0 Å². The van der Waals surface area contributed by atoms with Gasteiger partial charge in [0.2, 0.25) is 5.95 Å². The van der Waals surface area contributed by atoms with E-state index in [2.05, 4.69) is 30.1 Å². The third-order valence-corrected chi connectivity index (χ3v) is 3.78. The fourth-order valence-electron chi connectivity index (χ4n) is 2.41. The highest BCUT2D eigenvalue weighted by atomic mass is 35.5. The molecule has 0 saturated carbocycles. The highest BCUT2D eigenvalue weighted by molar-refractivity contribution is 6.30. The van der Waals surface area contributed by atoms with E-state index in [1.165, 1.54) is 6.07 Å². The Hall–Kier alpha value is -2.93. The van der Waals surface area contributed by atoms with E-state index in [0.29, 0.717) is 22.8 Å². The highest BCUT2D eigenvalue weighted by Gasteiger charge is 2.15. The Balaban J connectivity index is 1.97. The van der Waals surface area contributed by atoms with Gasteiger partial charge in [-0.15, -0.1) is 0 Å². The van der Waals surface area contributed by atoms with Gasteiger partial charge >= 0.3 is 0 Å². The smallest absolute Gasteiger partial charge is 0.232 e. The van der Waals surface area contributed by atoms with Crippen molar-refractivity contribution in [3.05, 3.63) is 53.5 Å². The van der Waals surface area contributed by atoms with E-state index in [0.717, 1.165) is 16.6 Å². The third-order valence-electron chi connectivity index (χ3n) is 3.50. The molecule has 0 saturated heterocycles. The summed E-state index contributed by atoms with van der Waals surface area (Å²) in [7, 11) is 0. The van der Waals surface area contributed by atoms with Crippen molar-refractivity contribution in [3.63, 3.8) is 0 Å². The van der Waals surface area contributed by atoms with Gasteiger partial charge in [0, 0.05) is 11.6 Å². The summed E-state index contributed by atoms with van der Waals surface area (Å²) in [6, 6.07) is 4.89. The van der Waals surface area contributed by atoms with Crippen LogP contribution in [0.15, 0.2) is 36.8 Å². The fraction of sp³-hybridized carbons (Fsp3) is 0.0625. The zero-order chi connectivity index (χ0) is 16.7. The van der Waals surface area contributed by atoms with Gasteiger partial charge in [0.25, 0.3) is 0 Å². The van der Waals surface area contributed by atoms with Crippen LogP contribution in [0.25, 0.3) is 33.7 Å². The average molecular weight is 341 g/mol. The monoisotopic (exact) mass is 340 g/mol. The zero-order valence-corrected chi connectivity index (χ0v) is 13.2. The van der Waals surface area contributed by atoms with Crippen LogP contribution < -0.4 is 0 Å². The van der Waals surface area contributed by atoms with Crippen LogP contribution in [0.2, 0.25) is 5.02 Å². The van der Waals surface area contributed by atoms with Crippen LogP contribution in [0.5, 0.6) is 0 Å². The lowest BCUT2D eigenvalue weighted by molar-refractivity contribution is 0.585. The van der Waals surface area contributed by atoms with E-state index in [1.54, 1.807) is 24.7 Å². The maximum absolute atomic E-state index is 13.8. The quantitative estimate of drug-likeness (QED) is 0.564. The Morgan fingerprint density at radius 3 is 2.67 bits per heavy atom. The summed E-state index contributed by atoms with van der Waals surface area (Å²) in [5.74, 6) is -0.742. The number of H-pyrrole nitrogens is 1. The second kappa shape index (κ2) is 5.61. The Labute approximate surface area is 140 Å². The summed E-state index contributed by atoms with van der Waals surface area (Å²) in [5.41, 5.74) is 3.59. The molecule has 0 unspecified atom stereocenters. The fourth-order valence-corrected chi connectivity index (χ4v) is 2.51. The molecule has 4 aromatic rings. The molecule has 4 aromatic heterocycles. The second-order valence-electron chi connectivity index (χ2n) is 5.20. The highest BCUT2D eigenvalue weighted by Crippen LogP contribution is 2.29. The molecule has 0 spiro atoms. The number of hydrogen-bond donors (Lipinski definition) is 1. The van der Waals surface area contributed by atoms with Crippen molar-refractivity contribution in [2.24, 2.45) is 0 Å². The second-order valence-corrected chi connectivity index (χ2v) is 5.61. The Morgan fingerprint density at radius 2 is 1.88 bits per heavy atom. The molecule has 24 heavy (non-hydrogen) atoms. The number of nitrogens with one attached hydrogen (secondary N) is 1. The molecule has 0 atom stereocenters. The maximum atomic E-state index is 13.8. The molecule has 4 rings (SSSR count). The molecular weight excluding hydrogens is 331 g/mol. The summed E-state index contributed by atoms with van der Waals surface area (Å²) in [6.07, 6.45) is 4.91. The number of aryl methyl sites for hydroxylation is 1. The average Bonchev–Trinajstić information content (AvgIpc) is 3.05. The molecule has 0 aromatic carbocycles. The zero-order valence-electron chi connectivity index (χ0n) is 12.5. The van der Waals surface area contributed by atoms with E-state index in [1.807, 2.05) is 13.0 Å². The summed E-state index contributed by atoms with van der Waals surface area (Å²) >= 11 is 5.72. The number of halogens is 2. The van der Waals surface area contributed by atoms with E-state index >= 15 is 0 Å². The molecule has 8 heteroatoms. The first-order valence-corrected chi connectivity index (χ1v) is 7.45. The van der Waals surface area contributed by atoms with Gasteiger partial charge in [-0.2, -0.15) is 9.49 Å². The largest absolute Gasteiger partial charge is 0.278 e. The molecule has 6 nitrogen and oxygen atoms in total. The molecule has 0 aliphatic heterocycles. The summed E-state index contributed by atoms with van der Waals surface area (Å²) < 4.78 is 13.8. The van der Waals surface area contributed by atoms with Crippen LogP contribution in [0.4, 0.5) is 4.39 Å². The predicted molar refractivity (Wildman–Crippen MR) is 87.9 cm³/mol. The standard InChI is InChI=1S/C16H10ClFN6/c1-8-5-19-7-14(21-8)13-4-12-9(6-20-24-12)15(22-13)11-3-2-10(17)16(18)23-11/h2-7H,1H3,(H,20,24). The first-order chi connectivity index (χ1) is 11.6. The number of nitrogens with zero attached hydrogens (tertiary/aromatic N) is 5. The first-order valence-electron chi connectivity index (χ1n) is 7.07. The van der Waals surface area contributed by atoms with E-state index in [-0.39, 0.29) is 5.02 Å². The molecule has 0 aliphatic carbocycles. The van der Waals surface area contributed by atoms with Crippen molar-refractivity contribution in [2.75, 3.05) is 0 Å². The van der Waals surface area contributed by atoms with Gasteiger partial charge in [-0.05, 0) is 25.1 Å². The molecule has 1 N–H and O–H groups in total. The molecular formula is C16H10ClFN6. The van der Waals surface area contributed by atoms with Crippen molar-refractivity contribution < 1.29 is 4.39 Å². The van der Waals surface area contributed by atoms with Gasteiger partial charge in [0.05, 0.1) is 40.0 Å². The number of pyridine rings is 2. The lowest BCUT2D eigenvalue weighted by Crippen LogP contribution is -1.96. The van der Waals surface area contributed by atoms with Gasteiger partial charge in [0.15, 0.2) is 0 Å². The Bertz CT molecular complexity index is 1060. The van der Waals surface area contributed by atoms with Crippen LogP contribution in [-0.2, 0) is 0 Å². The topological polar surface area (TPSA) is 80.2 Å². The van der Waals surface area contributed by atoms with E-state index in [9.17, 15) is 4.39 Å². The van der Waals surface area contributed by atoms with E-state index in [4.69, 9.17) is 11.6 Å². The minimum Gasteiger partial charge on any atom is -0.278 e. The first kappa shape index (κ1) is 14.6. The van der Waals surface area contributed by atoms with Gasteiger partial charge in [0.1, 0.15) is 11.4 Å². The lowest BCUT2D eigenvalue weighted by Gasteiger charge is -2.07. The predicted octanol–water partition coefficient (Wildman–Crippen LogP) is 3.58. The Kier molecular flexibility index (Phi) is 3.42. The van der Waals surface area contributed by atoms with Gasteiger partial charge in [-0.25, -0.2) is 15.0 Å².